The third-order valence-corrected chi connectivity index (χ3v) is 4.55. The number of benzene rings is 1. The average Bonchev–Trinajstić information content (AvgIpc) is 3.18. The van der Waals surface area contributed by atoms with Gasteiger partial charge in [-0.15, -0.1) is 11.3 Å². The number of nitrogens with zero attached hydrogens (tertiary/aromatic N) is 3. The summed E-state index contributed by atoms with van der Waals surface area (Å²) in [6.07, 6.45) is 3.28. The maximum Gasteiger partial charge on any atom is 0.150 e. The molecule has 0 spiro atoms. The number of imidazole rings is 1. The highest BCUT2D eigenvalue weighted by molar-refractivity contribution is 7.13. The van der Waals surface area contributed by atoms with Crippen molar-refractivity contribution in [1.82, 2.24) is 14.5 Å². The molecule has 0 amide bonds. The summed E-state index contributed by atoms with van der Waals surface area (Å²) < 4.78 is 2.02. The van der Waals surface area contributed by atoms with E-state index in [2.05, 4.69) is 28.1 Å². The Hall–Kier alpha value is -1.95. The Morgan fingerprint density at radius 1 is 1.22 bits per heavy atom. The summed E-state index contributed by atoms with van der Waals surface area (Å²) in [6.45, 7) is 2.00. The first-order valence-electron chi connectivity index (χ1n) is 7.68. The van der Waals surface area contributed by atoms with E-state index in [1.807, 2.05) is 47.5 Å². The summed E-state index contributed by atoms with van der Waals surface area (Å²) in [6, 6.07) is 14.4. The van der Waals surface area contributed by atoms with Gasteiger partial charge >= 0.3 is 0 Å². The minimum atomic E-state index is -0.434. The first-order chi connectivity index (χ1) is 11.2. The third kappa shape index (κ3) is 4.28. The molecule has 2 heterocycles. The van der Waals surface area contributed by atoms with Gasteiger partial charge in [-0.3, -0.25) is 4.90 Å². The maximum absolute atomic E-state index is 10.4. The monoisotopic (exact) mass is 327 g/mol. The molecule has 3 rings (SSSR count). The highest BCUT2D eigenvalue weighted by Crippen LogP contribution is 2.23. The molecule has 0 aliphatic carbocycles. The number of hydrogen-bond acceptors (Lipinski definition) is 4. The second-order valence-electron chi connectivity index (χ2n) is 5.72. The number of likely N-dealkylation sites (N-methyl/N-ethyl adjacent to an activating group) is 1. The van der Waals surface area contributed by atoms with Gasteiger partial charge in [0.15, 0.2) is 0 Å². The molecule has 0 bridgehead atoms. The lowest BCUT2D eigenvalue weighted by atomic mass is 10.2. The molecule has 0 saturated heterocycles. The van der Waals surface area contributed by atoms with E-state index in [0.29, 0.717) is 13.1 Å². The Kier molecular flexibility index (Phi) is 5.23. The molecule has 23 heavy (non-hydrogen) atoms. The van der Waals surface area contributed by atoms with Crippen LogP contribution in [0.3, 0.4) is 0 Å². The lowest BCUT2D eigenvalue weighted by molar-refractivity contribution is 0.107. The third-order valence-electron chi connectivity index (χ3n) is 3.68. The molecule has 4 nitrogen and oxygen atoms in total. The van der Waals surface area contributed by atoms with Crippen molar-refractivity contribution >= 4 is 11.3 Å². The summed E-state index contributed by atoms with van der Waals surface area (Å²) in [5.41, 5.74) is 1.25. The van der Waals surface area contributed by atoms with Gasteiger partial charge in [0.2, 0.25) is 0 Å². The van der Waals surface area contributed by atoms with Crippen LogP contribution >= 0.6 is 11.3 Å². The van der Waals surface area contributed by atoms with Crippen LogP contribution in [0.5, 0.6) is 0 Å². The van der Waals surface area contributed by atoms with Gasteiger partial charge in [-0.1, -0.05) is 36.4 Å². The van der Waals surface area contributed by atoms with E-state index in [1.54, 1.807) is 17.5 Å². The lowest BCUT2D eigenvalue weighted by Crippen LogP contribution is -2.31. The number of aromatic nitrogens is 2. The fourth-order valence-electron chi connectivity index (χ4n) is 2.69. The standard InChI is InChI=1S/C18H21N3OS/c1-20(12-15-6-3-2-4-7-15)13-16(22)14-21-10-9-19-18(21)17-8-5-11-23-17/h2-11,16,22H,12-14H2,1H3. The first-order valence-corrected chi connectivity index (χ1v) is 8.56. The van der Waals surface area contributed by atoms with Crippen LogP contribution in [0, 0.1) is 0 Å². The second kappa shape index (κ2) is 7.55. The molecule has 5 heteroatoms. The van der Waals surface area contributed by atoms with Crippen molar-refractivity contribution in [2.24, 2.45) is 0 Å². The zero-order chi connectivity index (χ0) is 16.1. The van der Waals surface area contributed by atoms with Crippen molar-refractivity contribution < 1.29 is 5.11 Å². The molecule has 3 aromatic rings. The lowest BCUT2D eigenvalue weighted by Gasteiger charge is -2.21. The molecule has 1 unspecified atom stereocenters. The fraction of sp³-hybridized carbons (Fsp3) is 0.278. The summed E-state index contributed by atoms with van der Waals surface area (Å²) in [5, 5.41) is 12.4. The van der Waals surface area contributed by atoms with Crippen LogP contribution in [0.1, 0.15) is 5.56 Å². The van der Waals surface area contributed by atoms with Crippen molar-refractivity contribution in [3.8, 4) is 10.7 Å². The Bertz CT molecular complexity index is 709. The van der Waals surface area contributed by atoms with E-state index < -0.39 is 6.10 Å². The molecule has 0 radical (unpaired) electrons. The smallest absolute Gasteiger partial charge is 0.150 e. The molecule has 1 atom stereocenters. The number of rotatable bonds is 7. The van der Waals surface area contributed by atoms with Gasteiger partial charge in [0, 0.05) is 25.5 Å². The number of thiophene rings is 1. The van der Waals surface area contributed by atoms with Crippen LogP contribution in [0.25, 0.3) is 10.7 Å². The number of hydrogen-bond donors (Lipinski definition) is 1. The second-order valence-corrected chi connectivity index (χ2v) is 6.66. The van der Waals surface area contributed by atoms with Crippen molar-refractivity contribution in [3.63, 3.8) is 0 Å². The van der Waals surface area contributed by atoms with E-state index >= 15 is 0 Å². The molecule has 0 fully saturated rings. The molecule has 2 aromatic heterocycles. The number of aliphatic hydroxyl groups excluding tert-OH is 1. The van der Waals surface area contributed by atoms with Gasteiger partial charge < -0.3 is 9.67 Å². The molecule has 1 N–H and O–H groups in total. The Balaban J connectivity index is 1.57. The molecule has 120 valence electrons. The van der Waals surface area contributed by atoms with Crippen molar-refractivity contribution in [1.29, 1.82) is 0 Å². The largest absolute Gasteiger partial charge is 0.390 e. The molecule has 1 aromatic carbocycles. The van der Waals surface area contributed by atoms with Crippen LogP contribution in [0.4, 0.5) is 0 Å². The SMILES string of the molecule is CN(Cc1ccccc1)CC(O)Cn1ccnc1-c1cccs1. The van der Waals surface area contributed by atoms with Crippen LogP contribution in [-0.4, -0.2) is 39.3 Å². The summed E-state index contributed by atoms with van der Waals surface area (Å²) in [5.74, 6) is 0.921. The average molecular weight is 327 g/mol. The van der Waals surface area contributed by atoms with Gasteiger partial charge in [-0.25, -0.2) is 4.98 Å². The van der Waals surface area contributed by atoms with Gasteiger partial charge in [0.05, 0.1) is 17.5 Å². The van der Waals surface area contributed by atoms with Crippen LogP contribution in [0.2, 0.25) is 0 Å². The van der Waals surface area contributed by atoms with Crippen LogP contribution < -0.4 is 0 Å². The van der Waals surface area contributed by atoms with E-state index in [-0.39, 0.29) is 0 Å². The van der Waals surface area contributed by atoms with Gasteiger partial charge in [-0.05, 0) is 24.1 Å². The normalized spacial score (nSPS) is 12.7. The minimum absolute atomic E-state index is 0.434. The molecular formula is C18H21N3OS. The van der Waals surface area contributed by atoms with Crippen LogP contribution in [-0.2, 0) is 13.1 Å². The van der Waals surface area contributed by atoms with E-state index in [9.17, 15) is 5.11 Å². The highest BCUT2D eigenvalue weighted by Gasteiger charge is 2.13. The Labute approximate surface area is 140 Å². The number of aliphatic hydroxyl groups is 1. The topological polar surface area (TPSA) is 41.3 Å². The van der Waals surface area contributed by atoms with E-state index in [0.717, 1.165) is 17.2 Å². The maximum atomic E-state index is 10.4. The quantitative estimate of drug-likeness (QED) is 0.725. The zero-order valence-corrected chi connectivity index (χ0v) is 14.0. The highest BCUT2D eigenvalue weighted by atomic mass is 32.1. The van der Waals surface area contributed by atoms with Crippen molar-refractivity contribution in [2.45, 2.75) is 19.2 Å². The van der Waals surface area contributed by atoms with E-state index in [1.165, 1.54) is 5.56 Å². The van der Waals surface area contributed by atoms with Gasteiger partial charge in [0.1, 0.15) is 5.82 Å². The Morgan fingerprint density at radius 3 is 2.78 bits per heavy atom. The van der Waals surface area contributed by atoms with Crippen molar-refractivity contribution in [3.05, 3.63) is 65.8 Å². The van der Waals surface area contributed by atoms with E-state index in [4.69, 9.17) is 0 Å². The summed E-state index contributed by atoms with van der Waals surface area (Å²) in [7, 11) is 2.03. The molecular weight excluding hydrogens is 306 g/mol. The minimum Gasteiger partial charge on any atom is -0.390 e. The summed E-state index contributed by atoms with van der Waals surface area (Å²) >= 11 is 1.66. The zero-order valence-electron chi connectivity index (χ0n) is 13.2. The summed E-state index contributed by atoms with van der Waals surface area (Å²) in [4.78, 5) is 7.67. The van der Waals surface area contributed by atoms with Gasteiger partial charge in [0.25, 0.3) is 0 Å². The first kappa shape index (κ1) is 15.9. The predicted octanol–water partition coefficient (Wildman–Crippen LogP) is 3.10. The van der Waals surface area contributed by atoms with Crippen LogP contribution in [0.15, 0.2) is 60.2 Å². The molecule has 0 aliphatic heterocycles. The van der Waals surface area contributed by atoms with Crippen molar-refractivity contribution in [2.75, 3.05) is 13.6 Å². The molecule has 0 aliphatic rings. The predicted molar refractivity (Wildman–Crippen MR) is 94.3 cm³/mol. The Morgan fingerprint density at radius 2 is 2.04 bits per heavy atom. The fourth-order valence-corrected chi connectivity index (χ4v) is 3.43. The van der Waals surface area contributed by atoms with Gasteiger partial charge in [-0.2, -0.15) is 0 Å². The molecule has 0 saturated carbocycles.